The minimum Gasteiger partial charge on any atom is -0.369 e. The maximum absolute atomic E-state index is 6.13. The Morgan fingerprint density at radius 2 is 2.00 bits per heavy atom. The van der Waals surface area contributed by atoms with Crippen LogP contribution < -0.4 is 5.73 Å². The number of nitrogen functional groups attached to an aromatic ring is 1. The molecule has 0 aliphatic carbocycles. The molecule has 1 aromatic carbocycles. The number of aryl methyl sites for hydroxylation is 1. The van der Waals surface area contributed by atoms with Crippen molar-refractivity contribution in [1.29, 1.82) is 0 Å². The number of hydrogen-bond donors (Lipinski definition) is 1. The second-order valence-electron chi connectivity index (χ2n) is 5.85. The minimum absolute atomic E-state index is 0.383. The minimum atomic E-state index is 0.383. The van der Waals surface area contributed by atoms with Crippen LogP contribution >= 0.6 is 0 Å². The monoisotopic (exact) mass is 288 g/mol. The summed E-state index contributed by atoms with van der Waals surface area (Å²) in [4.78, 5) is 6.96. The molecule has 2 N–H and O–H groups in total. The third kappa shape index (κ3) is 3.56. The first kappa shape index (κ1) is 15.8. The maximum atomic E-state index is 6.13. The molecule has 0 bridgehead atoms. The molecule has 0 fully saturated rings. The molecule has 21 heavy (non-hydrogen) atoms. The highest BCUT2D eigenvalue weighted by Gasteiger charge is 2.14. The van der Waals surface area contributed by atoms with Crippen LogP contribution in [0.1, 0.15) is 45.2 Å². The summed E-state index contributed by atoms with van der Waals surface area (Å²) in [5.74, 6) is 0.630. The zero-order valence-corrected chi connectivity index (χ0v) is 13.8. The number of aromatic nitrogens is 2. The van der Waals surface area contributed by atoms with Crippen LogP contribution in [0.25, 0.3) is 11.0 Å². The molecule has 1 unspecified atom stereocenters. The lowest BCUT2D eigenvalue weighted by Gasteiger charge is -2.20. The first-order valence-corrected chi connectivity index (χ1v) is 8.03. The Bertz CT molecular complexity index is 584. The Labute approximate surface area is 128 Å². The number of fused-ring (bicyclic) bond motifs is 1. The average Bonchev–Trinajstić information content (AvgIpc) is 2.78. The van der Waals surface area contributed by atoms with Crippen molar-refractivity contribution in [2.45, 2.75) is 46.6 Å². The van der Waals surface area contributed by atoms with E-state index >= 15 is 0 Å². The molecule has 0 aliphatic heterocycles. The summed E-state index contributed by atoms with van der Waals surface area (Å²) < 4.78 is 2.18. The number of imidazole rings is 1. The van der Waals surface area contributed by atoms with E-state index in [1.165, 1.54) is 12.0 Å². The van der Waals surface area contributed by atoms with Crippen molar-refractivity contribution in [3.63, 3.8) is 0 Å². The lowest BCUT2D eigenvalue weighted by atomic mass is 10.1. The Balaban J connectivity index is 2.09. The lowest BCUT2D eigenvalue weighted by molar-refractivity contribution is 0.289. The molecular weight excluding hydrogens is 260 g/mol. The molecule has 2 rings (SSSR count). The molecule has 1 aromatic heterocycles. The molecule has 0 aliphatic rings. The van der Waals surface area contributed by atoms with Gasteiger partial charge in [0.15, 0.2) is 0 Å². The molecule has 4 heteroatoms. The average molecular weight is 288 g/mol. The maximum Gasteiger partial charge on any atom is 0.201 e. The number of nitrogens with two attached hydrogens (primary N) is 1. The molecule has 0 spiro atoms. The number of benzene rings is 1. The van der Waals surface area contributed by atoms with Crippen molar-refractivity contribution in [2.24, 2.45) is 0 Å². The summed E-state index contributed by atoms with van der Waals surface area (Å²) in [6.07, 6.45) is 2.31. The third-order valence-corrected chi connectivity index (χ3v) is 4.30. The highest BCUT2D eigenvalue weighted by molar-refractivity contribution is 5.79. The van der Waals surface area contributed by atoms with Crippen molar-refractivity contribution < 1.29 is 0 Å². The van der Waals surface area contributed by atoms with E-state index in [2.05, 4.69) is 60.3 Å². The van der Waals surface area contributed by atoms with E-state index in [1.54, 1.807) is 0 Å². The fraction of sp³-hybridized carbons (Fsp3) is 0.588. The van der Waals surface area contributed by atoms with E-state index in [1.807, 2.05) is 0 Å². The molecule has 0 saturated heterocycles. The van der Waals surface area contributed by atoms with Gasteiger partial charge in [0.1, 0.15) is 0 Å². The summed E-state index contributed by atoms with van der Waals surface area (Å²) in [5, 5.41) is 0. The van der Waals surface area contributed by atoms with Crippen LogP contribution in [-0.4, -0.2) is 34.1 Å². The summed E-state index contributed by atoms with van der Waals surface area (Å²) in [7, 11) is 0. The Kier molecular flexibility index (Phi) is 5.23. The fourth-order valence-corrected chi connectivity index (χ4v) is 2.97. The topological polar surface area (TPSA) is 47.1 Å². The van der Waals surface area contributed by atoms with Crippen molar-refractivity contribution in [2.75, 3.05) is 25.4 Å². The molecule has 4 nitrogen and oxygen atoms in total. The number of rotatable bonds is 7. The van der Waals surface area contributed by atoms with Crippen molar-refractivity contribution in [1.82, 2.24) is 14.5 Å². The van der Waals surface area contributed by atoms with Gasteiger partial charge < -0.3 is 15.2 Å². The molecule has 0 saturated carbocycles. The summed E-state index contributed by atoms with van der Waals surface area (Å²) >= 11 is 0. The number of anilines is 1. The molecule has 0 amide bonds. The van der Waals surface area contributed by atoms with Crippen LogP contribution in [0.2, 0.25) is 0 Å². The van der Waals surface area contributed by atoms with Crippen LogP contribution in [0.5, 0.6) is 0 Å². The van der Waals surface area contributed by atoms with E-state index in [4.69, 9.17) is 5.73 Å². The van der Waals surface area contributed by atoms with Gasteiger partial charge in [0.2, 0.25) is 5.95 Å². The van der Waals surface area contributed by atoms with Crippen LogP contribution in [0.15, 0.2) is 18.2 Å². The summed E-state index contributed by atoms with van der Waals surface area (Å²) in [5.41, 5.74) is 9.50. The molecular formula is C17H28N4. The lowest BCUT2D eigenvalue weighted by Crippen LogP contribution is -2.24. The predicted octanol–water partition coefficient (Wildman–Crippen LogP) is 3.61. The fourth-order valence-electron chi connectivity index (χ4n) is 2.97. The number of nitrogens with zero attached hydrogens (tertiary/aromatic N) is 3. The van der Waals surface area contributed by atoms with Crippen molar-refractivity contribution >= 4 is 17.0 Å². The summed E-state index contributed by atoms with van der Waals surface area (Å²) in [6, 6.07) is 6.75. The van der Waals surface area contributed by atoms with Crippen LogP contribution in [-0.2, 0) is 0 Å². The van der Waals surface area contributed by atoms with E-state index in [0.29, 0.717) is 12.0 Å². The second kappa shape index (κ2) is 6.94. The highest BCUT2D eigenvalue weighted by Crippen LogP contribution is 2.26. The van der Waals surface area contributed by atoms with Crippen LogP contribution in [0, 0.1) is 6.92 Å². The molecule has 1 heterocycles. The van der Waals surface area contributed by atoms with Gasteiger partial charge in [-0.15, -0.1) is 0 Å². The largest absolute Gasteiger partial charge is 0.369 e. The second-order valence-corrected chi connectivity index (χ2v) is 5.85. The van der Waals surface area contributed by atoms with Gasteiger partial charge in [0.25, 0.3) is 0 Å². The number of hydrogen-bond acceptors (Lipinski definition) is 3. The van der Waals surface area contributed by atoms with Crippen molar-refractivity contribution in [3.8, 4) is 0 Å². The molecule has 116 valence electrons. The Morgan fingerprint density at radius 3 is 2.67 bits per heavy atom. The Hall–Kier alpha value is -1.55. The van der Waals surface area contributed by atoms with Crippen molar-refractivity contribution in [3.05, 3.63) is 23.8 Å². The zero-order chi connectivity index (χ0) is 15.4. The SMILES string of the molecule is CCN(CC)CCCC(C)n1c(N)nc2cc(C)ccc21. The van der Waals surface area contributed by atoms with Gasteiger partial charge in [-0.3, -0.25) is 0 Å². The zero-order valence-electron chi connectivity index (χ0n) is 13.8. The van der Waals surface area contributed by atoms with Crippen LogP contribution in [0.4, 0.5) is 5.95 Å². The van der Waals surface area contributed by atoms with Gasteiger partial charge in [-0.25, -0.2) is 4.98 Å². The highest BCUT2D eigenvalue weighted by atomic mass is 15.2. The van der Waals surface area contributed by atoms with Gasteiger partial charge in [-0.2, -0.15) is 0 Å². The van der Waals surface area contributed by atoms with Gasteiger partial charge >= 0.3 is 0 Å². The van der Waals surface area contributed by atoms with E-state index in [-0.39, 0.29) is 0 Å². The third-order valence-electron chi connectivity index (χ3n) is 4.30. The quantitative estimate of drug-likeness (QED) is 0.846. The van der Waals surface area contributed by atoms with E-state index in [9.17, 15) is 0 Å². The van der Waals surface area contributed by atoms with Gasteiger partial charge in [-0.1, -0.05) is 19.9 Å². The van der Waals surface area contributed by atoms with E-state index in [0.717, 1.165) is 37.1 Å². The standard InChI is InChI=1S/C17H28N4/c1-5-20(6-2)11-7-8-14(4)21-16-10-9-13(3)12-15(16)19-17(21)18/h9-10,12,14H,5-8,11H2,1-4H3,(H2,18,19). The van der Waals surface area contributed by atoms with Gasteiger partial charge in [0.05, 0.1) is 11.0 Å². The summed E-state index contributed by atoms with van der Waals surface area (Å²) in [6.45, 7) is 12.2. The van der Waals surface area contributed by atoms with E-state index < -0.39 is 0 Å². The van der Waals surface area contributed by atoms with Gasteiger partial charge in [-0.05, 0) is 64.0 Å². The van der Waals surface area contributed by atoms with Crippen LogP contribution in [0.3, 0.4) is 0 Å². The Morgan fingerprint density at radius 1 is 1.29 bits per heavy atom. The molecule has 2 aromatic rings. The molecule has 0 radical (unpaired) electrons. The van der Waals surface area contributed by atoms with Gasteiger partial charge in [0, 0.05) is 6.04 Å². The first-order chi connectivity index (χ1) is 10.1. The molecule has 1 atom stereocenters. The smallest absolute Gasteiger partial charge is 0.201 e. The predicted molar refractivity (Wildman–Crippen MR) is 90.6 cm³/mol. The first-order valence-electron chi connectivity index (χ1n) is 8.03. The normalized spacial score (nSPS) is 13.2.